The predicted molar refractivity (Wildman–Crippen MR) is 87.8 cm³/mol. The molecule has 3 rings (SSSR count). The van der Waals surface area contributed by atoms with Crippen LogP contribution in [0.5, 0.6) is 0 Å². The third kappa shape index (κ3) is 3.18. The second kappa shape index (κ2) is 6.64. The molecule has 0 aliphatic rings. The maximum atomic E-state index is 13.4. The Kier molecular flexibility index (Phi) is 4.39. The minimum atomic E-state index is -0.653. The maximum absolute atomic E-state index is 13.4. The third-order valence-electron chi connectivity index (χ3n) is 3.29. The number of carbonyl (C=O) groups is 2. The molecule has 0 bridgehead atoms. The minimum Gasteiger partial charge on any atom is -0.340 e. The lowest BCUT2D eigenvalue weighted by Crippen LogP contribution is -2.17. The lowest BCUT2D eigenvalue weighted by Gasteiger charge is -2.06. The van der Waals surface area contributed by atoms with Gasteiger partial charge in [-0.3, -0.25) is 9.59 Å². The van der Waals surface area contributed by atoms with Gasteiger partial charge in [0.05, 0.1) is 11.3 Å². The number of nitrogens with one attached hydrogen (secondary N) is 2. The van der Waals surface area contributed by atoms with E-state index < -0.39 is 11.7 Å². The van der Waals surface area contributed by atoms with Crippen molar-refractivity contribution in [3.05, 3.63) is 82.6 Å². The molecular formula is C17H11ClFN3O2. The van der Waals surface area contributed by atoms with E-state index in [1.54, 1.807) is 30.3 Å². The largest absolute Gasteiger partial charge is 0.340 e. The number of amides is 1. The summed E-state index contributed by atoms with van der Waals surface area (Å²) in [5.74, 6) is -1.64. The van der Waals surface area contributed by atoms with E-state index in [1.807, 2.05) is 0 Å². The molecule has 120 valence electrons. The van der Waals surface area contributed by atoms with Crippen molar-refractivity contribution in [1.82, 2.24) is 9.97 Å². The fourth-order valence-electron chi connectivity index (χ4n) is 2.13. The van der Waals surface area contributed by atoms with E-state index in [1.165, 1.54) is 18.5 Å². The lowest BCUT2D eigenvalue weighted by molar-refractivity contribution is 0.0991. The van der Waals surface area contributed by atoms with Crippen molar-refractivity contribution in [2.45, 2.75) is 0 Å². The highest BCUT2D eigenvalue weighted by Crippen LogP contribution is 2.20. The summed E-state index contributed by atoms with van der Waals surface area (Å²) in [7, 11) is 0. The Bertz CT molecular complexity index is 909. The monoisotopic (exact) mass is 343 g/mol. The zero-order valence-corrected chi connectivity index (χ0v) is 13.0. The first kappa shape index (κ1) is 15.9. The first-order chi connectivity index (χ1) is 11.6. The Balaban J connectivity index is 1.85. The summed E-state index contributed by atoms with van der Waals surface area (Å²) in [5.41, 5.74) is 0.623. The number of hydrogen-bond donors (Lipinski definition) is 2. The summed E-state index contributed by atoms with van der Waals surface area (Å²) in [6.45, 7) is 0. The van der Waals surface area contributed by atoms with Gasteiger partial charge in [0, 0.05) is 11.3 Å². The zero-order chi connectivity index (χ0) is 17.1. The smallest absolute Gasteiger partial charge is 0.274 e. The van der Waals surface area contributed by atoms with Crippen LogP contribution in [0.1, 0.15) is 26.5 Å². The minimum absolute atomic E-state index is 0.000730. The van der Waals surface area contributed by atoms with Crippen molar-refractivity contribution >= 4 is 29.0 Å². The summed E-state index contributed by atoms with van der Waals surface area (Å²) in [4.78, 5) is 31.3. The van der Waals surface area contributed by atoms with Gasteiger partial charge in [0.25, 0.3) is 5.91 Å². The summed E-state index contributed by atoms with van der Waals surface area (Å²) < 4.78 is 13.4. The van der Waals surface area contributed by atoms with Crippen LogP contribution in [0.2, 0.25) is 5.02 Å². The molecule has 1 amide bonds. The van der Waals surface area contributed by atoms with Gasteiger partial charge >= 0.3 is 0 Å². The highest BCUT2D eigenvalue weighted by atomic mass is 35.5. The fraction of sp³-hybridized carbons (Fsp3) is 0. The molecular weight excluding hydrogens is 333 g/mol. The van der Waals surface area contributed by atoms with Gasteiger partial charge in [-0.1, -0.05) is 41.9 Å². The SMILES string of the molecule is O=C(c1ccccc1)c1nc[nH]c1C(=O)Nc1ccc(Cl)c(F)c1. The average molecular weight is 344 g/mol. The topological polar surface area (TPSA) is 74.8 Å². The van der Waals surface area contributed by atoms with E-state index in [9.17, 15) is 14.0 Å². The van der Waals surface area contributed by atoms with E-state index >= 15 is 0 Å². The van der Waals surface area contributed by atoms with Crippen LogP contribution >= 0.6 is 11.6 Å². The van der Waals surface area contributed by atoms with E-state index in [-0.39, 0.29) is 27.9 Å². The Morgan fingerprint density at radius 1 is 1.12 bits per heavy atom. The van der Waals surface area contributed by atoms with Crippen LogP contribution in [0.25, 0.3) is 0 Å². The predicted octanol–water partition coefficient (Wildman–Crippen LogP) is 3.69. The van der Waals surface area contributed by atoms with Crippen molar-refractivity contribution in [1.29, 1.82) is 0 Å². The second-order valence-corrected chi connectivity index (χ2v) is 5.31. The number of aromatic amines is 1. The molecule has 0 saturated heterocycles. The van der Waals surface area contributed by atoms with Crippen LogP contribution in [-0.2, 0) is 0 Å². The van der Waals surface area contributed by atoms with E-state index in [4.69, 9.17) is 11.6 Å². The molecule has 2 aromatic carbocycles. The molecule has 3 aromatic rings. The molecule has 0 unspecified atom stereocenters. The number of hydrogen-bond acceptors (Lipinski definition) is 3. The molecule has 0 aliphatic heterocycles. The number of aromatic nitrogens is 2. The standard InChI is InChI=1S/C17H11ClFN3O2/c18-12-7-6-11(8-13(12)19)22-17(24)15-14(20-9-21-15)16(23)10-4-2-1-3-5-10/h1-9H,(H,20,21)(H,22,24). The van der Waals surface area contributed by atoms with Crippen molar-refractivity contribution in [3.8, 4) is 0 Å². The van der Waals surface area contributed by atoms with Crippen LogP contribution in [0.4, 0.5) is 10.1 Å². The van der Waals surface area contributed by atoms with E-state index in [0.29, 0.717) is 5.56 Å². The number of rotatable bonds is 4. The van der Waals surface area contributed by atoms with Gasteiger partial charge in [-0.2, -0.15) is 0 Å². The molecule has 1 aromatic heterocycles. The van der Waals surface area contributed by atoms with Crippen molar-refractivity contribution < 1.29 is 14.0 Å². The first-order valence-electron chi connectivity index (χ1n) is 6.96. The zero-order valence-electron chi connectivity index (χ0n) is 12.2. The lowest BCUT2D eigenvalue weighted by atomic mass is 10.1. The molecule has 0 fully saturated rings. The quantitative estimate of drug-likeness (QED) is 0.709. The summed E-state index contributed by atoms with van der Waals surface area (Å²) in [6, 6.07) is 12.4. The summed E-state index contributed by atoms with van der Waals surface area (Å²) in [6.07, 6.45) is 1.26. The van der Waals surface area contributed by atoms with Gasteiger partial charge in [0.2, 0.25) is 5.78 Å². The highest BCUT2D eigenvalue weighted by molar-refractivity contribution is 6.30. The van der Waals surface area contributed by atoms with Crippen molar-refractivity contribution in [3.63, 3.8) is 0 Å². The third-order valence-corrected chi connectivity index (χ3v) is 3.60. The van der Waals surface area contributed by atoms with Gasteiger partial charge < -0.3 is 10.3 Å². The number of H-pyrrole nitrogens is 1. The van der Waals surface area contributed by atoms with Gasteiger partial charge in [-0.05, 0) is 18.2 Å². The molecule has 24 heavy (non-hydrogen) atoms. The van der Waals surface area contributed by atoms with Crippen LogP contribution in [-0.4, -0.2) is 21.7 Å². The molecule has 0 radical (unpaired) electrons. The molecule has 0 atom stereocenters. The molecule has 2 N–H and O–H groups in total. The van der Waals surface area contributed by atoms with Crippen LogP contribution < -0.4 is 5.32 Å². The number of imidazole rings is 1. The van der Waals surface area contributed by atoms with E-state index in [2.05, 4.69) is 15.3 Å². The average Bonchev–Trinajstić information content (AvgIpc) is 3.08. The molecule has 0 spiro atoms. The first-order valence-corrected chi connectivity index (χ1v) is 7.33. The van der Waals surface area contributed by atoms with Crippen molar-refractivity contribution in [2.75, 3.05) is 5.32 Å². The molecule has 1 heterocycles. The number of halogens is 2. The van der Waals surface area contributed by atoms with Crippen molar-refractivity contribution in [2.24, 2.45) is 0 Å². The Morgan fingerprint density at radius 2 is 1.88 bits per heavy atom. The van der Waals surface area contributed by atoms with Crippen LogP contribution in [0.15, 0.2) is 54.9 Å². The van der Waals surface area contributed by atoms with Gasteiger partial charge in [-0.25, -0.2) is 9.37 Å². The normalized spacial score (nSPS) is 10.4. The van der Waals surface area contributed by atoms with E-state index in [0.717, 1.165) is 6.07 Å². The fourth-order valence-corrected chi connectivity index (χ4v) is 2.25. The number of ketones is 1. The summed E-state index contributed by atoms with van der Waals surface area (Å²) >= 11 is 5.60. The molecule has 0 saturated carbocycles. The van der Waals surface area contributed by atoms with Gasteiger partial charge in [0.15, 0.2) is 0 Å². The maximum Gasteiger partial charge on any atom is 0.274 e. The second-order valence-electron chi connectivity index (χ2n) is 4.90. The number of benzene rings is 2. The van der Waals surface area contributed by atoms with Crippen LogP contribution in [0.3, 0.4) is 0 Å². The summed E-state index contributed by atoms with van der Waals surface area (Å²) in [5, 5.41) is 2.45. The number of carbonyl (C=O) groups excluding carboxylic acids is 2. The highest BCUT2D eigenvalue weighted by Gasteiger charge is 2.21. The van der Waals surface area contributed by atoms with Gasteiger partial charge in [-0.15, -0.1) is 0 Å². The molecule has 5 nitrogen and oxygen atoms in total. The number of nitrogens with zero attached hydrogens (tertiary/aromatic N) is 1. The Hall–Kier alpha value is -2.99. The molecule has 0 aliphatic carbocycles. The molecule has 7 heteroatoms. The number of anilines is 1. The Labute approximate surface area is 141 Å². The van der Waals surface area contributed by atoms with Gasteiger partial charge in [0.1, 0.15) is 17.2 Å². The Morgan fingerprint density at radius 3 is 2.58 bits per heavy atom. The van der Waals surface area contributed by atoms with Crippen LogP contribution in [0, 0.1) is 5.82 Å².